The van der Waals surface area contributed by atoms with Crippen molar-refractivity contribution in [1.82, 2.24) is 14.8 Å². The van der Waals surface area contributed by atoms with Crippen molar-refractivity contribution in [2.24, 2.45) is 5.73 Å². The second kappa shape index (κ2) is 3.43. The van der Waals surface area contributed by atoms with Crippen LogP contribution in [0.1, 0.15) is 31.0 Å². The van der Waals surface area contributed by atoms with Gasteiger partial charge in [-0.1, -0.05) is 6.92 Å². The number of nitrogens with two attached hydrogens (primary N) is 1. The lowest BCUT2D eigenvalue weighted by atomic mass is 10.2. The topological polar surface area (TPSA) is 66.0 Å². The van der Waals surface area contributed by atoms with E-state index in [1.807, 2.05) is 6.92 Å². The Kier molecular flexibility index (Phi) is 2.28. The zero-order valence-electron chi connectivity index (χ0n) is 7.73. The molecule has 0 aliphatic carbocycles. The van der Waals surface area contributed by atoms with Gasteiger partial charge in [-0.25, -0.2) is 0 Å². The van der Waals surface area contributed by atoms with E-state index in [0.29, 0.717) is 6.61 Å². The molecular formula is C8H14N4O. The van der Waals surface area contributed by atoms with Crippen molar-refractivity contribution in [2.75, 3.05) is 6.61 Å². The van der Waals surface area contributed by atoms with E-state index in [0.717, 1.165) is 31.2 Å². The van der Waals surface area contributed by atoms with Crippen molar-refractivity contribution in [1.29, 1.82) is 0 Å². The fourth-order valence-corrected chi connectivity index (χ4v) is 1.48. The van der Waals surface area contributed by atoms with Crippen molar-refractivity contribution in [3.05, 3.63) is 11.6 Å². The molecule has 1 aromatic rings. The maximum absolute atomic E-state index is 5.90. The Labute approximate surface area is 76.9 Å². The first-order valence-corrected chi connectivity index (χ1v) is 4.58. The lowest BCUT2D eigenvalue weighted by Crippen LogP contribution is -2.22. The van der Waals surface area contributed by atoms with Gasteiger partial charge in [0.05, 0.1) is 12.6 Å². The highest BCUT2D eigenvalue weighted by molar-refractivity contribution is 5.01. The molecule has 0 spiro atoms. The molecule has 5 nitrogen and oxygen atoms in total. The van der Waals surface area contributed by atoms with E-state index in [4.69, 9.17) is 10.5 Å². The molecule has 0 amide bonds. The highest BCUT2D eigenvalue weighted by Gasteiger charge is 2.19. The molecule has 0 fully saturated rings. The van der Waals surface area contributed by atoms with Crippen molar-refractivity contribution >= 4 is 0 Å². The summed E-state index contributed by atoms with van der Waals surface area (Å²) in [5, 5.41) is 8.11. The maximum Gasteiger partial charge on any atom is 0.159 e. The zero-order valence-corrected chi connectivity index (χ0v) is 7.73. The molecule has 0 saturated heterocycles. The van der Waals surface area contributed by atoms with Crippen molar-refractivity contribution < 1.29 is 4.74 Å². The monoisotopic (exact) mass is 182 g/mol. The number of aromatic nitrogens is 3. The van der Waals surface area contributed by atoms with E-state index in [2.05, 4.69) is 14.8 Å². The average molecular weight is 182 g/mol. The molecule has 0 aromatic carbocycles. The quantitative estimate of drug-likeness (QED) is 0.710. The van der Waals surface area contributed by atoms with Gasteiger partial charge in [0.25, 0.3) is 0 Å². The van der Waals surface area contributed by atoms with E-state index in [1.165, 1.54) is 0 Å². The van der Waals surface area contributed by atoms with Gasteiger partial charge in [-0.05, 0) is 6.42 Å². The number of ether oxygens (including phenoxy) is 1. The summed E-state index contributed by atoms with van der Waals surface area (Å²) >= 11 is 0. The normalized spacial score (nSPS) is 18.3. The van der Waals surface area contributed by atoms with E-state index in [1.54, 1.807) is 0 Å². The zero-order chi connectivity index (χ0) is 9.26. The Balaban J connectivity index is 2.31. The average Bonchev–Trinajstić information content (AvgIpc) is 2.60. The molecule has 72 valence electrons. The van der Waals surface area contributed by atoms with Gasteiger partial charge < -0.3 is 15.0 Å². The molecule has 2 heterocycles. The van der Waals surface area contributed by atoms with Gasteiger partial charge in [-0.2, -0.15) is 0 Å². The summed E-state index contributed by atoms with van der Waals surface area (Å²) in [4.78, 5) is 0. The largest absolute Gasteiger partial charge is 0.372 e. The highest BCUT2D eigenvalue weighted by atomic mass is 16.5. The van der Waals surface area contributed by atoms with Gasteiger partial charge in [-0.15, -0.1) is 10.2 Å². The third-order valence-electron chi connectivity index (χ3n) is 2.32. The number of nitrogens with zero attached hydrogens (tertiary/aromatic N) is 3. The molecule has 0 bridgehead atoms. The molecule has 1 aliphatic heterocycles. The Morgan fingerprint density at radius 1 is 1.62 bits per heavy atom. The van der Waals surface area contributed by atoms with Gasteiger partial charge in [0, 0.05) is 6.54 Å². The van der Waals surface area contributed by atoms with Crippen LogP contribution in [0, 0.1) is 0 Å². The summed E-state index contributed by atoms with van der Waals surface area (Å²) in [5.74, 6) is 1.78. The van der Waals surface area contributed by atoms with Crippen LogP contribution in [0.15, 0.2) is 0 Å². The molecule has 0 saturated carbocycles. The van der Waals surface area contributed by atoms with Gasteiger partial charge >= 0.3 is 0 Å². The van der Waals surface area contributed by atoms with Crippen LogP contribution in [0.25, 0.3) is 0 Å². The molecule has 13 heavy (non-hydrogen) atoms. The second-order valence-electron chi connectivity index (χ2n) is 3.19. The Morgan fingerprint density at radius 2 is 2.46 bits per heavy atom. The maximum atomic E-state index is 5.90. The SMILES string of the molecule is CCC(N)c1nnc2n1CCOC2. The number of fused-ring (bicyclic) bond motifs is 1. The number of hydrogen-bond donors (Lipinski definition) is 1. The Bertz CT molecular complexity index is 296. The smallest absolute Gasteiger partial charge is 0.159 e. The molecule has 1 aromatic heterocycles. The van der Waals surface area contributed by atoms with Crippen LogP contribution >= 0.6 is 0 Å². The van der Waals surface area contributed by atoms with Crippen LogP contribution in [0.5, 0.6) is 0 Å². The van der Waals surface area contributed by atoms with Crippen LogP contribution in [-0.4, -0.2) is 21.4 Å². The number of hydrogen-bond acceptors (Lipinski definition) is 4. The third-order valence-corrected chi connectivity index (χ3v) is 2.32. The van der Waals surface area contributed by atoms with Gasteiger partial charge in [0.15, 0.2) is 5.82 Å². The third kappa shape index (κ3) is 1.45. The summed E-state index contributed by atoms with van der Waals surface area (Å²) in [5.41, 5.74) is 5.90. The minimum absolute atomic E-state index is 0.000602. The van der Waals surface area contributed by atoms with E-state index in [9.17, 15) is 0 Å². The molecule has 1 atom stereocenters. The predicted molar refractivity (Wildman–Crippen MR) is 46.9 cm³/mol. The Hall–Kier alpha value is -0.940. The first-order valence-electron chi connectivity index (χ1n) is 4.58. The summed E-state index contributed by atoms with van der Waals surface area (Å²) in [6, 6.07) is -0.000602. The van der Waals surface area contributed by atoms with Crippen molar-refractivity contribution in [3.63, 3.8) is 0 Å². The van der Waals surface area contributed by atoms with Crippen LogP contribution in [0.3, 0.4) is 0 Å². The molecule has 1 aliphatic rings. The fourth-order valence-electron chi connectivity index (χ4n) is 1.48. The molecule has 2 rings (SSSR count). The lowest BCUT2D eigenvalue weighted by molar-refractivity contribution is 0.0802. The summed E-state index contributed by atoms with van der Waals surface area (Å²) in [6.07, 6.45) is 0.888. The van der Waals surface area contributed by atoms with E-state index in [-0.39, 0.29) is 6.04 Å². The summed E-state index contributed by atoms with van der Waals surface area (Å²) in [7, 11) is 0. The molecular weight excluding hydrogens is 168 g/mol. The molecule has 5 heteroatoms. The van der Waals surface area contributed by atoms with Crippen molar-refractivity contribution in [3.8, 4) is 0 Å². The summed E-state index contributed by atoms with van der Waals surface area (Å²) in [6.45, 7) is 4.16. The van der Waals surface area contributed by atoms with E-state index >= 15 is 0 Å². The van der Waals surface area contributed by atoms with Gasteiger partial charge in [0.1, 0.15) is 12.4 Å². The van der Waals surface area contributed by atoms with Crippen LogP contribution < -0.4 is 5.73 Å². The van der Waals surface area contributed by atoms with Gasteiger partial charge in [0.2, 0.25) is 0 Å². The fraction of sp³-hybridized carbons (Fsp3) is 0.750. The molecule has 0 radical (unpaired) electrons. The Morgan fingerprint density at radius 3 is 3.23 bits per heavy atom. The van der Waals surface area contributed by atoms with Crippen LogP contribution in [0.4, 0.5) is 0 Å². The van der Waals surface area contributed by atoms with Crippen molar-refractivity contribution in [2.45, 2.75) is 32.5 Å². The lowest BCUT2D eigenvalue weighted by Gasteiger charge is -2.17. The van der Waals surface area contributed by atoms with Crippen LogP contribution in [0.2, 0.25) is 0 Å². The number of rotatable bonds is 2. The summed E-state index contributed by atoms with van der Waals surface area (Å²) < 4.78 is 7.33. The minimum Gasteiger partial charge on any atom is -0.372 e. The highest BCUT2D eigenvalue weighted by Crippen LogP contribution is 2.15. The first-order chi connectivity index (χ1) is 6.33. The van der Waals surface area contributed by atoms with E-state index < -0.39 is 0 Å². The second-order valence-corrected chi connectivity index (χ2v) is 3.19. The van der Waals surface area contributed by atoms with Gasteiger partial charge in [-0.3, -0.25) is 0 Å². The van der Waals surface area contributed by atoms with Crippen LogP contribution in [-0.2, 0) is 17.9 Å². The predicted octanol–water partition coefficient (Wildman–Crippen LogP) is 0.218. The molecule has 2 N–H and O–H groups in total. The minimum atomic E-state index is -0.000602. The molecule has 1 unspecified atom stereocenters. The first kappa shape index (κ1) is 8.65. The standard InChI is InChI=1S/C8H14N4O/c1-2-6(9)8-11-10-7-5-13-4-3-12(7)8/h6H,2-5,9H2,1H3.